The van der Waals surface area contributed by atoms with Gasteiger partial charge in [0.15, 0.2) is 0 Å². The fourth-order valence-electron chi connectivity index (χ4n) is 9.72. The van der Waals surface area contributed by atoms with E-state index >= 15 is 0 Å². The van der Waals surface area contributed by atoms with Crippen molar-refractivity contribution in [3.63, 3.8) is 0 Å². The van der Waals surface area contributed by atoms with Crippen molar-refractivity contribution < 1.29 is 25.9 Å². The molecule has 0 radical (unpaired) electrons. The summed E-state index contributed by atoms with van der Waals surface area (Å²) in [5, 5.41) is 0. The van der Waals surface area contributed by atoms with E-state index in [0.717, 1.165) is 36.8 Å². The maximum atomic E-state index is 12.9. The van der Waals surface area contributed by atoms with Crippen LogP contribution in [0.2, 0.25) is 0 Å². The van der Waals surface area contributed by atoms with Crippen LogP contribution in [-0.4, -0.2) is 35.4 Å². The summed E-state index contributed by atoms with van der Waals surface area (Å²) in [6.45, 7) is 12.6. The van der Waals surface area contributed by atoms with Gasteiger partial charge < -0.3 is 0 Å². The van der Waals surface area contributed by atoms with Crippen LogP contribution in [0.4, 0.5) is 0 Å². The van der Waals surface area contributed by atoms with Crippen molar-refractivity contribution in [1.82, 2.24) is 0 Å². The molecule has 4 saturated carbocycles. The Morgan fingerprint density at radius 3 is 1.17 bits per heavy atom. The summed E-state index contributed by atoms with van der Waals surface area (Å²) in [6.07, 6.45) is 4.89. The molecule has 0 saturated heterocycles. The largest absolute Gasteiger partial charge is 0.285 e. The first-order valence-corrected chi connectivity index (χ1v) is 16.2. The zero-order valence-corrected chi connectivity index (χ0v) is 24.1. The first-order chi connectivity index (χ1) is 16.3. The summed E-state index contributed by atoms with van der Waals surface area (Å²) in [5.41, 5.74) is 0.205. The molecule has 4 aliphatic rings. The van der Waals surface area contributed by atoms with Crippen LogP contribution in [0.25, 0.3) is 0 Å². The van der Waals surface area contributed by atoms with Crippen LogP contribution in [-0.2, 0) is 33.1 Å². The Labute approximate surface area is 217 Å². The second-order valence-electron chi connectivity index (χ2n) is 14.1. The van der Waals surface area contributed by atoms with Gasteiger partial charge in [-0.3, -0.25) is 9.11 Å². The number of hydrogen-bond donors (Lipinski definition) is 2. The van der Waals surface area contributed by atoms with Gasteiger partial charge in [-0.05, 0) is 96.0 Å². The lowest BCUT2D eigenvalue weighted by Crippen LogP contribution is -2.54. The Hall–Kier alpha value is -0.960. The Balaban J connectivity index is 1.47. The van der Waals surface area contributed by atoms with Crippen molar-refractivity contribution in [2.75, 3.05) is 0 Å². The third kappa shape index (κ3) is 2.96. The first-order valence-electron chi connectivity index (χ1n) is 13.3. The third-order valence-electron chi connectivity index (χ3n) is 13.0. The summed E-state index contributed by atoms with van der Waals surface area (Å²) in [5.74, 6) is 0.500. The highest BCUT2D eigenvalue weighted by Crippen LogP contribution is 2.73. The molecule has 36 heavy (non-hydrogen) atoms. The van der Waals surface area contributed by atoms with Crippen LogP contribution in [0.5, 0.6) is 0 Å². The van der Waals surface area contributed by atoms with Crippen LogP contribution in [0.1, 0.15) is 91.2 Å². The molecule has 4 aliphatic carbocycles. The van der Waals surface area contributed by atoms with E-state index in [2.05, 4.69) is 27.7 Å². The average Bonchev–Trinajstić information content (AvgIpc) is 3.24. The minimum Gasteiger partial charge on any atom is -0.285 e. The van der Waals surface area contributed by atoms with Crippen molar-refractivity contribution in [2.45, 2.75) is 102 Å². The summed E-state index contributed by atoms with van der Waals surface area (Å²) in [6, 6.07) is 7.51. The SMILES string of the molecule is CC1(C)C2CCC1(C)C(Cc1ccc(CC3(S(=O)(=O)O)CC4CCC3(C)C4(C)C)cc1)(S(=O)(=O)O)C2. The molecule has 0 heterocycles. The number of hydrogen-bond acceptors (Lipinski definition) is 4. The van der Waals surface area contributed by atoms with Crippen molar-refractivity contribution in [3.8, 4) is 0 Å². The number of fused-ring (bicyclic) bond motifs is 4. The lowest BCUT2D eigenvalue weighted by atomic mass is 9.64. The minimum atomic E-state index is -4.32. The molecular weight excluding hydrogens is 496 g/mol. The predicted molar refractivity (Wildman–Crippen MR) is 141 cm³/mol. The molecular formula is C28H42O6S2. The number of rotatable bonds is 6. The van der Waals surface area contributed by atoms with E-state index in [1.165, 1.54) is 0 Å². The van der Waals surface area contributed by atoms with Gasteiger partial charge in [0, 0.05) is 0 Å². The molecule has 0 spiro atoms. The van der Waals surface area contributed by atoms with Gasteiger partial charge in [-0.2, -0.15) is 16.8 Å². The average molecular weight is 539 g/mol. The molecule has 6 unspecified atom stereocenters. The van der Waals surface area contributed by atoms with Crippen molar-refractivity contribution in [1.29, 1.82) is 0 Å². The molecule has 1 aromatic carbocycles. The lowest BCUT2D eigenvalue weighted by molar-refractivity contribution is 0.111. The van der Waals surface area contributed by atoms with Gasteiger partial charge >= 0.3 is 0 Å². The monoisotopic (exact) mass is 538 g/mol. The highest BCUT2D eigenvalue weighted by atomic mass is 32.2. The van der Waals surface area contributed by atoms with Crippen molar-refractivity contribution >= 4 is 20.2 Å². The van der Waals surface area contributed by atoms with E-state index < -0.39 is 40.6 Å². The molecule has 4 fully saturated rings. The van der Waals surface area contributed by atoms with Crippen molar-refractivity contribution in [3.05, 3.63) is 35.4 Å². The molecule has 4 bridgehead atoms. The Kier molecular flexibility index (Phi) is 5.45. The first kappa shape index (κ1) is 26.6. The highest BCUT2D eigenvalue weighted by molar-refractivity contribution is 7.87. The van der Waals surface area contributed by atoms with Gasteiger partial charge in [0.2, 0.25) is 0 Å². The van der Waals surface area contributed by atoms with Crippen molar-refractivity contribution in [2.24, 2.45) is 33.5 Å². The molecule has 1 aromatic rings. The van der Waals surface area contributed by atoms with Crippen LogP contribution in [0.3, 0.4) is 0 Å². The molecule has 0 amide bonds. The second kappa shape index (κ2) is 7.36. The fraction of sp³-hybridized carbons (Fsp3) is 0.786. The van der Waals surface area contributed by atoms with Gasteiger partial charge in [0.05, 0.1) is 0 Å². The Morgan fingerprint density at radius 2 is 0.972 bits per heavy atom. The van der Waals surface area contributed by atoms with E-state index in [0.29, 0.717) is 12.8 Å². The molecule has 6 atom stereocenters. The summed E-state index contributed by atoms with van der Waals surface area (Å²) >= 11 is 0. The van der Waals surface area contributed by atoms with E-state index in [1.54, 1.807) is 0 Å². The number of benzene rings is 1. The molecule has 6 nitrogen and oxygen atoms in total. The zero-order chi connectivity index (χ0) is 26.8. The normalized spacial score (nSPS) is 42.8. The maximum absolute atomic E-state index is 12.9. The highest BCUT2D eigenvalue weighted by Gasteiger charge is 2.74. The van der Waals surface area contributed by atoms with Crippen LogP contribution in [0, 0.1) is 33.5 Å². The van der Waals surface area contributed by atoms with Gasteiger partial charge in [0.25, 0.3) is 20.2 Å². The molecule has 2 N–H and O–H groups in total. The smallest absolute Gasteiger partial charge is 0.271 e. The standard InChI is InChI=1S/C28H42O6S2/c1-23(2)21-11-13-25(23,5)27(17-21,35(29,30)31)15-19-7-9-20(10-8-19)16-28(36(32,33)34)18-22-12-14-26(28,6)24(22,3)4/h7-10,21-22H,11-18H2,1-6H3,(H,29,30,31)(H,32,33,34). The van der Waals surface area contributed by atoms with Crippen LogP contribution >= 0.6 is 0 Å². The van der Waals surface area contributed by atoms with E-state index in [1.807, 2.05) is 38.1 Å². The zero-order valence-electron chi connectivity index (χ0n) is 22.5. The van der Waals surface area contributed by atoms with E-state index in [-0.39, 0.29) is 35.5 Å². The quantitative estimate of drug-likeness (QED) is 0.449. The molecule has 202 valence electrons. The van der Waals surface area contributed by atoms with Gasteiger partial charge in [-0.15, -0.1) is 0 Å². The fourth-order valence-corrected chi connectivity index (χ4v) is 13.1. The van der Waals surface area contributed by atoms with Gasteiger partial charge in [0.1, 0.15) is 9.49 Å². The predicted octanol–water partition coefficient (Wildman–Crippen LogP) is 5.72. The summed E-state index contributed by atoms with van der Waals surface area (Å²) in [7, 11) is -8.64. The topological polar surface area (TPSA) is 109 Å². The molecule has 0 aliphatic heterocycles. The van der Waals surface area contributed by atoms with Crippen LogP contribution in [0.15, 0.2) is 24.3 Å². The van der Waals surface area contributed by atoms with E-state index in [4.69, 9.17) is 0 Å². The minimum absolute atomic E-state index is 0.186. The summed E-state index contributed by atoms with van der Waals surface area (Å²) in [4.78, 5) is 0. The summed E-state index contributed by atoms with van der Waals surface area (Å²) < 4.78 is 70.3. The second-order valence-corrected chi connectivity index (χ2v) is 17.6. The maximum Gasteiger partial charge on any atom is 0.271 e. The Morgan fingerprint density at radius 1 is 0.667 bits per heavy atom. The lowest BCUT2D eigenvalue weighted by Gasteiger charge is -2.47. The molecule has 0 aromatic heterocycles. The Bertz CT molecular complexity index is 1200. The van der Waals surface area contributed by atoms with Gasteiger partial charge in [-0.25, -0.2) is 0 Å². The van der Waals surface area contributed by atoms with E-state index in [9.17, 15) is 25.9 Å². The molecule has 8 heteroatoms. The van der Waals surface area contributed by atoms with Crippen LogP contribution < -0.4 is 0 Å². The molecule has 5 rings (SSSR count). The van der Waals surface area contributed by atoms with Gasteiger partial charge in [-0.1, -0.05) is 65.8 Å². The third-order valence-corrected chi connectivity index (χ3v) is 16.5.